The second-order valence-corrected chi connectivity index (χ2v) is 2.84. The zero-order chi connectivity index (χ0) is 10.2. The SMILES string of the molecule is N[C@H]1C(O)O[C@H](C(=O)O)[C@@H](O)[C@@H]1O. The molecule has 7 nitrogen and oxygen atoms in total. The van der Waals surface area contributed by atoms with Crippen molar-refractivity contribution in [3.05, 3.63) is 0 Å². The first-order valence-corrected chi connectivity index (χ1v) is 3.63. The van der Waals surface area contributed by atoms with Crippen molar-refractivity contribution < 1.29 is 30.0 Å². The molecule has 0 aromatic carbocycles. The average molecular weight is 193 g/mol. The normalized spacial score (nSPS) is 46.0. The molecule has 0 aromatic rings. The van der Waals surface area contributed by atoms with E-state index in [4.69, 9.17) is 26.2 Å². The van der Waals surface area contributed by atoms with E-state index in [1.807, 2.05) is 0 Å². The molecule has 0 spiro atoms. The molecule has 1 aliphatic rings. The van der Waals surface area contributed by atoms with Crippen molar-refractivity contribution in [3.63, 3.8) is 0 Å². The number of aliphatic carboxylic acids is 1. The Morgan fingerprint density at radius 3 is 2.23 bits per heavy atom. The lowest BCUT2D eigenvalue weighted by Gasteiger charge is -2.36. The van der Waals surface area contributed by atoms with E-state index in [1.165, 1.54) is 0 Å². The summed E-state index contributed by atoms with van der Waals surface area (Å²) < 4.78 is 4.46. The number of rotatable bonds is 1. The number of ether oxygens (including phenoxy) is 1. The summed E-state index contributed by atoms with van der Waals surface area (Å²) in [5.74, 6) is -1.46. The van der Waals surface area contributed by atoms with Gasteiger partial charge in [0.15, 0.2) is 12.4 Å². The number of carboxylic acid groups (broad SMARTS) is 1. The average Bonchev–Trinajstić information content (AvgIpc) is 2.07. The van der Waals surface area contributed by atoms with Crippen molar-refractivity contribution in [1.82, 2.24) is 0 Å². The van der Waals surface area contributed by atoms with E-state index >= 15 is 0 Å². The highest BCUT2D eigenvalue weighted by atomic mass is 16.6. The quantitative estimate of drug-likeness (QED) is 0.296. The van der Waals surface area contributed by atoms with Crippen LogP contribution in [0.3, 0.4) is 0 Å². The summed E-state index contributed by atoms with van der Waals surface area (Å²) >= 11 is 0. The van der Waals surface area contributed by atoms with Crippen molar-refractivity contribution >= 4 is 5.97 Å². The molecule has 0 amide bonds. The Kier molecular flexibility index (Phi) is 2.84. The molecular weight excluding hydrogens is 182 g/mol. The Morgan fingerprint density at radius 2 is 1.77 bits per heavy atom. The first-order valence-electron chi connectivity index (χ1n) is 3.63. The minimum absolute atomic E-state index is 1.20. The van der Waals surface area contributed by atoms with E-state index in [0.29, 0.717) is 0 Å². The molecule has 7 heteroatoms. The molecule has 5 atom stereocenters. The molecule has 0 saturated carbocycles. The topological polar surface area (TPSA) is 133 Å². The van der Waals surface area contributed by atoms with Gasteiger partial charge in [-0.1, -0.05) is 0 Å². The molecule has 1 rings (SSSR count). The Morgan fingerprint density at radius 1 is 1.23 bits per heavy atom. The number of carbonyl (C=O) groups is 1. The van der Waals surface area contributed by atoms with Crippen molar-refractivity contribution in [2.24, 2.45) is 5.73 Å². The highest BCUT2D eigenvalue weighted by Gasteiger charge is 2.45. The predicted octanol–water partition coefficient (Wildman–Crippen LogP) is -3.16. The minimum Gasteiger partial charge on any atom is -0.479 e. The van der Waals surface area contributed by atoms with Gasteiger partial charge in [-0.05, 0) is 0 Å². The van der Waals surface area contributed by atoms with Crippen LogP contribution in [0, 0.1) is 0 Å². The molecule has 13 heavy (non-hydrogen) atoms. The van der Waals surface area contributed by atoms with Crippen LogP contribution in [0.15, 0.2) is 0 Å². The Labute approximate surface area is 73.4 Å². The van der Waals surface area contributed by atoms with Gasteiger partial charge in [0.1, 0.15) is 12.2 Å². The summed E-state index contributed by atoms with van der Waals surface area (Å²) in [6.45, 7) is 0. The van der Waals surface area contributed by atoms with Crippen LogP contribution in [0.25, 0.3) is 0 Å². The highest BCUT2D eigenvalue weighted by Crippen LogP contribution is 2.18. The Hall–Kier alpha value is -0.730. The van der Waals surface area contributed by atoms with Gasteiger partial charge in [-0.3, -0.25) is 0 Å². The number of nitrogens with two attached hydrogens (primary N) is 1. The van der Waals surface area contributed by atoms with Gasteiger partial charge in [0, 0.05) is 0 Å². The summed E-state index contributed by atoms with van der Waals surface area (Å²) in [6, 6.07) is -1.20. The van der Waals surface area contributed by atoms with E-state index in [9.17, 15) is 4.79 Å². The third kappa shape index (κ3) is 1.79. The van der Waals surface area contributed by atoms with E-state index < -0.39 is 36.6 Å². The fourth-order valence-electron chi connectivity index (χ4n) is 1.10. The Bertz CT molecular complexity index is 209. The highest BCUT2D eigenvalue weighted by molar-refractivity contribution is 5.73. The van der Waals surface area contributed by atoms with E-state index in [1.54, 1.807) is 0 Å². The number of hydrogen-bond donors (Lipinski definition) is 5. The number of aliphatic hydroxyl groups is 3. The lowest BCUT2D eigenvalue weighted by Crippen LogP contribution is -2.62. The van der Waals surface area contributed by atoms with Crippen LogP contribution in [-0.2, 0) is 9.53 Å². The third-order valence-corrected chi connectivity index (χ3v) is 1.91. The molecule has 6 N–H and O–H groups in total. The van der Waals surface area contributed by atoms with Crippen LogP contribution in [0.2, 0.25) is 0 Å². The van der Waals surface area contributed by atoms with Crippen LogP contribution in [0.5, 0.6) is 0 Å². The molecule has 1 aliphatic heterocycles. The smallest absolute Gasteiger partial charge is 0.335 e. The summed E-state index contributed by atoms with van der Waals surface area (Å²) in [7, 11) is 0. The first-order chi connectivity index (χ1) is 5.95. The molecule has 0 bridgehead atoms. The number of carboxylic acids is 1. The van der Waals surface area contributed by atoms with Crippen LogP contribution in [-0.4, -0.2) is 57.0 Å². The van der Waals surface area contributed by atoms with Gasteiger partial charge in [0.05, 0.1) is 6.04 Å². The molecule has 1 saturated heterocycles. The lowest BCUT2D eigenvalue weighted by molar-refractivity contribution is -0.244. The van der Waals surface area contributed by atoms with E-state index in [0.717, 1.165) is 0 Å². The zero-order valence-electron chi connectivity index (χ0n) is 6.57. The zero-order valence-corrected chi connectivity index (χ0v) is 6.57. The summed E-state index contributed by atoms with van der Waals surface area (Å²) in [4.78, 5) is 10.4. The number of aliphatic hydroxyl groups excluding tert-OH is 3. The molecule has 76 valence electrons. The first kappa shape index (κ1) is 10.4. The molecule has 0 radical (unpaired) electrons. The van der Waals surface area contributed by atoms with Crippen molar-refractivity contribution in [3.8, 4) is 0 Å². The molecule has 1 heterocycles. The number of hydrogen-bond acceptors (Lipinski definition) is 6. The van der Waals surface area contributed by atoms with E-state index in [2.05, 4.69) is 4.74 Å². The van der Waals surface area contributed by atoms with Gasteiger partial charge in [-0.2, -0.15) is 0 Å². The summed E-state index contributed by atoms with van der Waals surface area (Å²) in [6.07, 6.45) is -6.37. The van der Waals surface area contributed by atoms with Gasteiger partial charge >= 0.3 is 5.97 Å². The Balaban J connectivity index is 2.76. The molecule has 1 unspecified atom stereocenters. The van der Waals surface area contributed by atoms with Crippen molar-refractivity contribution in [1.29, 1.82) is 0 Å². The summed E-state index contributed by atoms with van der Waals surface area (Å²) in [5, 5.41) is 35.8. The fourth-order valence-corrected chi connectivity index (χ4v) is 1.10. The van der Waals surface area contributed by atoms with Crippen LogP contribution < -0.4 is 5.73 Å². The van der Waals surface area contributed by atoms with Crippen molar-refractivity contribution in [2.45, 2.75) is 30.6 Å². The molecule has 0 aliphatic carbocycles. The van der Waals surface area contributed by atoms with Crippen LogP contribution in [0.4, 0.5) is 0 Å². The second kappa shape index (κ2) is 3.56. The van der Waals surface area contributed by atoms with Gasteiger partial charge in [-0.15, -0.1) is 0 Å². The largest absolute Gasteiger partial charge is 0.479 e. The molecular formula is C6H11NO6. The van der Waals surface area contributed by atoms with Crippen molar-refractivity contribution in [2.75, 3.05) is 0 Å². The third-order valence-electron chi connectivity index (χ3n) is 1.91. The minimum atomic E-state index is -1.65. The van der Waals surface area contributed by atoms with Gasteiger partial charge in [0.25, 0.3) is 0 Å². The van der Waals surface area contributed by atoms with Gasteiger partial charge in [-0.25, -0.2) is 4.79 Å². The van der Waals surface area contributed by atoms with Gasteiger partial charge < -0.3 is 30.9 Å². The lowest BCUT2D eigenvalue weighted by atomic mass is 9.98. The fraction of sp³-hybridized carbons (Fsp3) is 0.833. The van der Waals surface area contributed by atoms with Gasteiger partial charge in [0.2, 0.25) is 0 Å². The van der Waals surface area contributed by atoms with E-state index in [-0.39, 0.29) is 0 Å². The monoisotopic (exact) mass is 193 g/mol. The summed E-state index contributed by atoms with van der Waals surface area (Å²) in [5.41, 5.74) is 5.20. The standard InChI is InChI=1S/C6H11NO6/c7-1-2(8)3(9)4(5(10)11)13-6(1)12/h1-4,6,8-9,12H,7H2,(H,10,11)/t1-,2-,3+,4+,6?/m1/s1. The second-order valence-electron chi connectivity index (χ2n) is 2.84. The predicted molar refractivity (Wildman–Crippen MR) is 38.5 cm³/mol. The maximum Gasteiger partial charge on any atom is 0.335 e. The molecule has 1 fully saturated rings. The molecule has 0 aromatic heterocycles. The van der Waals surface area contributed by atoms with Crippen LogP contribution >= 0.6 is 0 Å². The van der Waals surface area contributed by atoms with Crippen LogP contribution in [0.1, 0.15) is 0 Å². The maximum absolute atomic E-state index is 10.4. The maximum atomic E-state index is 10.4.